The molecule has 18 heavy (non-hydrogen) atoms. The largest absolute Gasteiger partial charge is 0.399 e. The summed E-state index contributed by atoms with van der Waals surface area (Å²) in [4.78, 5) is 12.0. The fraction of sp³-hybridized carbons (Fsp3) is 0. The van der Waals surface area contributed by atoms with Crippen LogP contribution in [0, 0.1) is 0 Å². The zero-order valence-electron chi connectivity index (χ0n) is 9.48. The van der Waals surface area contributed by atoms with Crippen LogP contribution in [0.3, 0.4) is 0 Å². The fourth-order valence-corrected chi connectivity index (χ4v) is 1.74. The molecular weight excluding hydrogens is 250 g/mol. The summed E-state index contributed by atoms with van der Waals surface area (Å²) in [5, 5.41) is 3.27. The lowest BCUT2D eigenvalue weighted by molar-refractivity contribution is 0.102. The van der Waals surface area contributed by atoms with Crippen molar-refractivity contribution < 1.29 is 4.79 Å². The molecule has 0 saturated carbocycles. The third-order valence-corrected chi connectivity index (χ3v) is 2.64. The molecule has 0 unspecified atom stereocenters. The first-order chi connectivity index (χ1) is 8.56. The average molecular weight is 262 g/mol. The van der Waals surface area contributed by atoms with E-state index >= 15 is 0 Å². The second kappa shape index (κ2) is 4.98. The number of nitrogens with two attached hydrogens (primary N) is 2. The third-order valence-electron chi connectivity index (χ3n) is 2.40. The molecule has 0 aromatic heterocycles. The Morgan fingerprint density at radius 1 is 1.11 bits per heavy atom. The number of hydrogen-bond acceptors (Lipinski definition) is 3. The van der Waals surface area contributed by atoms with E-state index in [1.165, 1.54) is 0 Å². The molecule has 5 heteroatoms. The second-order valence-electron chi connectivity index (χ2n) is 3.81. The van der Waals surface area contributed by atoms with E-state index in [1.807, 2.05) is 0 Å². The minimum atomic E-state index is -0.297. The van der Waals surface area contributed by atoms with Crippen molar-refractivity contribution in [2.75, 3.05) is 16.8 Å². The van der Waals surface area contributed by atoms with Crippen LogP contribution in [-0.2, 0) is 0 Å². The Kier molecular flexibility index (Phi) is 3.39. The molecule has 0 bridgehead atoms. The number of nitrogen functional groups attached to an aromatic ring is 2. The van der Waals surface area contributed by atoms with Crippen LogP contribution in [0.4, 0.5) is 17.1 Å². The number of hydrogen-bond donors (Lipinski definition) is 3. The Morgan fingerprint density at radius 3 is 2.56 bits per heavy atom. The van der Waals surface area contributed by atoms with Crippen molar-refractivity contribution in [3.8, 4) is 0 Å². The van der Waals surface area contributed by atoms with E-state index in [4.69, 9.17) is 23.1 Å². The Bertz CT molecular complexity index is 599. The lowest BCUT2D eigenvalue weighted by atomic mass is 10.1. The Labute approximate surface area is 110 Å². The Hall–Kier alpha value is -2.20. The van der Waals surface area contributed by atoms with Gasteiger partial charge in [-0.25, -0.2) is 0 Å². The normalized spacial score (nSPS) is 10.1. The highest BCUT2D eigenvalue weighted by atomic mass is 35.5. The summed E-state index contributed by atoms with van der Waals surface area (Å²) >= 11 is 5.83. The van der Waals surface area contributed by atoms with Gasteiger partial charge in [0.2, 0.25) is 0 Å². The van der Waals surface area contributed by atoms with E-state index in [0.29, 0.717) is 27.6 Å². The van der Waals surface area contributed by atoms with Crippen molar-refractivity contribution in [3.63, 3.8) is 0 Å². The van der Waals surface area contributed by atoms with Crippen molar-refractivity contribution in [2.24, 2.45) is 0 Å². The molecule has 2 aromatic rings. The first-order valence-electron chi connectivity index (χ1n) is 5.28. The maximum atomic E-state index is 12.0. The minimum Gasteiger partial charge on any atom is -0.399 e. The predicted molar refractivity (Wildman–Crippen MR) is 74.7 cm³/mol. The zero-order chi connectivity index (χ0) is 13.1. The van der Waals surface area contributed by atoms with Gasteiger partial charge in [0.15, 0.2) is 0 Å². The van der Waals surface area contributed by atoms with Gasteiger partial charge in [0.1, 0.15) is 0 Å². The van der Waals surface area contributed by atoms with Crippen LogP contribution in [0.5, 0.6) is 0 Å². The second-order valence-corrected chi connectivity index (χ2v) is 4.25. The standard InChI is InChI=1S/C13H12ClN3O/c14-8-2-1-3-10(6-8)17-13(18)11-5-4-9(15)7-12(11)16/h1-7H,15-16H2,(H,17,18). The van der Waals surface area contributed by atoms with E-state index in [1.54, 1.807) is 42.5 Å². The van der Waals surface area contributed by atoms with Crippen LogP contribution in [0.1, 0.15) is 10.4 Å². The number of carbonyl (C=O) groups excluding carboxylic acids is 1. The number of amides is 1. The van der Waals surface area contributed by atoms with E-state index < -0.39 is 0 Å². The van der Waals surface area contributed by atoms with Crippen molar-refractivity contribution in [1.29, 1.82) is 0 Å². The van der Waals surface area contributed by atoms with Gasteiger partial charge in [-0.3, -0.25) is 4.79 Å². The van der Waals surface area contributed by atoms with Gasteiger partial charge in [0.25, 0.3) is 5.91 Å². The highest BCUT2D eigenvalue weighted by Gasteiger charge is 2.10. The quantitative estimate of drug-likeness (QED) is 0.727. The van der Waals surface area contributed by atoms with E-state index in [2.05, 4.69) is 5.32 Å². The summed E-state index contributed by atoms with van der Waals surface area (Å²) in [6.07, 6.45) is 0. The molecule has 0 saturated heterocycles. The van der Waals surface area contributed by atoms with Gasteiger partial charge >= 0.3 is 0 Å². The van der Waals surface area contributed by atoms with E-state index in [9.17, 15) is 4.79 Å². The number of anilines is 3. The molecular formula is C13H12ClN3O. The first kappa shape index (κ1) is 12.3. The van der Waals surface area contributed by atoms with Gasteiger partial charge in [-0.1, -0.05) is 17.7 Å². The maximum absolute atomic E-state index is 12.0. The lowest BCUT2D eigenvalue weighted by Gasteiger charge is -2.08. The number of benzene rings is 2. The molecule has 92 valence electrons. The molecule has 0 heterocycles. The van der Waals surface area contributed by atoms with Crippen LogP contribution in [0.15, 0.2) is 42.5 Å². The van der Waals surface area contributed by atoms with Gasteiger partial charge in [0, 0.05) is 22.1 Å². The molecule has 0 aliphatic rings. The maximum Gasteiger partial charge on any atom is 0.257 e. The molecule has 0 fully saturated rings. The summed E-state index contributed by atoms with van der Waals surface area (Å²) in [7, 11) is 0. The van der Waals surface area contributed by atoms with Crippen LogP contribution in [-0.4, -0.2) is 5.91 Å². The molecule has 2 aromatic carbocycles. The molecule has 4 nitrogen and oxygen atoms in total. The van der Waals surface area contributed by atoms with Crippen molar-refractivity contribution in [2.45, 2.75) is 0 Å². The Morgan fingerprint density at radius 2 is 1.89 bits per heavy atom. The summed E-state index contributed by atoms with van der Waals surface area (Å²) in [6.45, 7) is 0. The van der Waals surface area contributed by atoms with E-state index in [-0.39, 0.29) is 5.91 Å². The van der Waals surface area contributed by atoms with Crippen LogP contribution < -0.4 is 16.8 Å². The summed E-state index contributed by atoms with van der Waals surface area (Å²) in [5.41, 5.74) is 13.2. The monoisotopic (exact) mass is 261 g/mol. The first-order valence-corrected chi connectivity index (χ1v) is 5.66. The molecule has 0 atom stereocenters. The van der Waals surface area contributed by atoms with Gasteiger partial charge in [-0.05, 0) is 36.4 Å². The van der Waals surface area contributed by atoms with Crippen LogP contribution >= 0.6 is 11.6 Å². The summed E-state index contributed by atoms with van der Waals surface area (Å²) in [5.74, 6) is -0.297. The van der Waals surface area contributed by atoms with Gasteiger partial charge in [-0.15, -0.1) is 0 Å². The van der Waals surface area contributed by atoms with Crippen molar-refractivity contribution in [1.82, 2.24) is 0 Å². The van der Waals surface area contributed by atoms with Crippen LogP contribution in [0.2, 0.25) is 5.02 Å². The topological polar surface area (TPSA) is 81.1 Å². The number of halogens is 1. The summed E-state index contributed by atoms with van der Waals surface area (Å²) in [6, 6.07) is 11.7. The molecule has 0 spiro atoms. The van der Waals surface area contributed by atoms with E-state index in [0.717, 1.165) is 0 Å². The van der Waals surface area contributed by atoms with Crippen molar-refractivity contribution in [3.05, 3.63) is 53.1 Å². The van der Waals surface area contributed by atoms with Crippen molar-refractivity contribution >= 4 is 34.6 Å². The molecule has 2 rings (SSSR count). The predicted octanol–water partition coefficient (Wildman–Crippen LogP) is 2.76. The highest BCUT2D eigenvalue weighted by molar-refractivity contribution is 6.31. The summed E-state index contributed by atoms with van der Waals surface area (Å²) < 4.78 is 0. The van der Waals surface area contributed by atoms with Gasteiger partial charge in [0.05, 0.1) is 5.56 Å². The molecule has 0 aliphatic heterocycles. The fourth-order valence-electron chi connectivity index (χ4n) is 1.55. The SMILES string of the molecule is Nc1ccc(C(=O)Nc2cccc(Cl)c2)c(N)c1. The third kappa shape index (κ3) is 2.73. The minimum absolute atomic E-state index is 0.297. The zero-order valence-corrected chi connectivity index (χ0v) is 10.2. The highest BCUT2D eigenvalue weighted by Crippen LogP contribution is 2.19. The Balaban J connectivity index is 2.22. The average Bonchev–Trinajstić information content (AvgIpc) is 2.28. The lowest BCUT2D eigenvalue weighted by Crippen LogP contribution is -2.14. The molecule has 0 radical (unpaired) electrons. The number of rotatable bonds is 2. The smallest absolute Gasteiger partial charge is 0.257 e. The number of carbonyl (C=O) groups is 1. The number of nitrogens with one attached hydrogen (secondary N) is 1. The van der Waals surface area contributed by atoms with Gasteiger partial charge in [-0.2, -0.15) is 0 Å². The van der Waals surface area contributed by atoms with Crippen LogP contribution in [0.25, 0.3) is 0 Å². The molecule has 1 amide bonds. The molecule has 5 N–H and O–H groups in total. The van der Waals surface area contributed by atoms with Gasteiger partial charge < -0.3 is 16.8 Å². The molecule has 0 aliphatic carbocycles.